The molecule has 0 bridgehead atoms. The van der Waals surface area contributed by atoms with Gasteiger partial charge in [-0.1, -0.05) is 31.9 Å². The fourth-order valence-corrected chi connectivity index (χ4v) is 3.63. The first-order chi connectivity index (χ1) is 13.0. The van der Waals surface area contributed by atoms with Crippen LogP contribution < -0.4 is 4.90 Å². The van der Waals surface area contributed by atoms with E-state index in [2.05, 4.69) is 18.7 Å². The molecule has 5 heteroatoms. The van der Waals surface area contributed by atoms with Gasteiger partial charge in [0.15, 0.2) is 0 Å². The number of fused-ring (bicyclic) bond motifs is 1. The summed E-state index contributed by atoms with van der Waals surface area (Å²) in [5, 5.41) is 19.9. The summed E-state index contributed by atoms with van der Waals surface area (Å²) in [7, 11) is 0. The Morgan fingerprint density at radius 2 is 1.81 bits per heavy atom. The van der Waals surface area contributed by atoms with Gasteiger partial charge in [0, 0.05) is 37.9 Å². The highest BCUT2D eigenvalue weighted by molar-refractivity contribution is 6.01. The maximum Gasteiger partial charge on any atom is 0.258 e. The van der Waals surface area contributed by atoms with Crippen LogP contribution in [0.5, 0.6) is 11.5 Å². The van der Waals surface area contributed by atoms with Crippen molar-refractivity contribution in [2.75, 3.05) is 18.0 Å². The van der Waals surface area contributed by atoms with Crippen molar-refractivity contribution in [1.82, 2.24) is 4.90 Å². The average molecular weight is 368 g/mol. The molecule has 0 saturated heterocycles. The minimum Gasteiger partial charge on any atom is -0.508 e. The minimum atomic E-state index is -0.142. The van der Waals surface area contributed by atoms with Crippen LogP contribution in [-0.2, 0) is 13.1 Å². The topological polar surface area (TPSA) is 64.0 Å². The lowest BCUT2D eigenvalue weighted by atomic mass is 10.1. The molecule has 0 fully saturated rings. The number of carbonyl (C=O) groups is 1. The summed E-state index contributed by atoms with van der Waals surface area (Å²) in [4.78, 5) is 16.7. The molecule has 2 aromatic carbocycles. The molecule has 144 valence electrons. The van der Waals surface area contributed by atoms with E-state index in [-0.39, 0.29) is 17.4 Å². The summed E-state index contributed by atoms with van der Waals surface area (Å²) < 4.78 is 0. The molecule has 1 amide bonds. The number of benzene rings is 2. The zero-order chi connectivity index (χ0) is 19.4. The third kappa shape index (κ3) is 4.18. The van der Waals surface area contributed by atoms with Gasteiger partial charge in [0.25, 0.3) is 5.91 Å². The van der Waals surface area contributed by atoms with Crippen LogP contribution in [0.2, 0.25) is 0 Å². The molecule has 0 saturated carbocycles. The third-order valence-corrected chi connectivity index (χ3v) is 5.13. The zero-order valence-corrected chi connectivity index (χ0v) is 16.1. The van der Waals surface area contributed by atoms with Crippen LogP contribution in [0.1, 0.15) is 54.6 Å². The summed E-state index contributed by atoms with van der Waals surface area (Å²) >= 11 is 0. The number of anilines is 1. The van der Waals surface area contributed by atoms with E-state index in [1.165, 1.54) is 12.8 Å². The van der Waals surface area contributed by atoms with Gasteiger partial charge in [0.1, 0.15) is 11.5 Å². The van der Waals surface area contributed by atoms with Crippen LogP contribution in [0.15, 0.2) is 36.4 Å². The number of amides is 1. The first kappa shape index (κ1) is 19.1. The third-order valence-electron chi connectivity index (χ3n) is 5.13. The van der Waals surface area contributed by atoms with Crippen LogP contribution in [0.25, 0.3) is 0 Å². The van der Waals surface area contributed by atoms with Gasteiger partial charge in [-0.15, -0.1) is 0 Å². The van der Waals surface area contributed by atoms with Crippen LogP contribution in [0, 0.1) is 0 Å². The van der Waals surface area contributed by atoms with Gasteiger partial charge in [0.05, 0.1) is 5.56 Å². The van der Waals surface area contributed by atoms with Gasteiger partial charge in [0.2, 0.25) is 0 Å². The van der Waals surface area contributed by atoms with Crippen LogP contribution in [0.3, 0.4) is 0 Å². The Kier molecular flexibility index (Phi) is 5.89. The van der Waals surface area contributed by atoms with E-state index < -0.39 is 0 Å². The number of unbranched alkanes of at least 4 members (excludes halogenated alkanes) is 2. The number of carbonyl (C=O) groups excluding carboxylic acids is 1. The average Bonchev–Trinajstić information content (AvgIpc) is 2.96. The number of nitrogens with zero attached hydrogens (tertiary/aromatic N) is 2. The summed E-state index contributed by atoms with van der Waals surface area (Å²) in [5.41, 5.74) is 3.22. The van der Waals surface area contributed by atoms with E-state index >= 15 is 0 Å². The zero-order valence-electron chi connectivity index (χ0n) is 16.1. The number of hydrogen-bond acceptors (Lipinski definition) is 4. The number of rotatable bonds is 8. The molecule has 1 aliphatic rings. The molecule has 27 heavy (non-hydrogen) atoms. The van der Waals surface area contributed by atoms with Crippen LogP contribution in [-0.4, -0.2) is 34.1 Å². The molecule has 3 rings (SSSR count). The standard InChI is InChI=1S/C22H28N2O3/c1-3-5-6-11-23(4-2)18-12-17-15-24(22(27)21(17)20(26)13-18)14-16-7-9-19(25)10-8-16/h7-10,12-13,25-26H,3-6,11,14-15H2,1-2H3. The Hall–Kier alpha value is -2.69. The molecule has 0 radical (unpaired) electrons. The van der Waals surface area contributed by atoms with Crippen molar-refractivity contribution in [3.8, 4) is 11.5 Å². The van der Waals surface area contributed by atoms with E-state index in [4.69, 9.17) is 0 Å². The second kappa shape index (κ2) is 8.33. The molecule has 2 aromatic rings. The SMILES string of the molecule is CCCCCN(CC)c1cc(O)c2c(c1)CN(Cc1ccc(O)cc1)C2=O. The monoisotopic (exact) mass is 368 g/mol. The molecule has 0 atom stereocenters. The second-order valence-electron chi connectivity index (χ2n) is 7.11. The molecule has 2 N–H and O–H groups in total. The highest BCUT2D eigenvalue weighted by atomic mass is 16.3. The second-order valence-corrected chi connectivity index (χ2v) is 7.11. The van der Waals surface area contributed by atoms with Gasteiger partial charge in [-0.3, -0.25) is 4.79 Å². The lowest BCUT2D eigenvalue weighted by Gasteiger charge is -2.24. The molecule has 5 nitrogen and oxygen atoms in total. The Morgan fingerprint density at radius 3 is 2.48 bits per heavy atom. The maximum atomic E-state index is 12.8. The van der Waals surface area contributed by atoms with Gasteiger partial charge in [-0.25, -0.2) is 0 Å². The fourth-order valence-electron chi connectivity index (χ4n) is 3.63. The van der Waals surface area contributed by atoms with Gasteiger partial charge < -0.3 is 20.0 Å². The quantitative estimate of drug-likeness (QED) is 0.683. The summed E-state index contributed by atoms with van der Waals surface area (Å²) in [5.74, 6) is 0.130. The first-order valence-electron chi connectivity index (χ1n) is 9.71. The summed E-state index contributed by atoms with van der Waals surface area (Å²) in [6, 6.07) is 10.6. The largest absolute Gasteiger partial charge is 0.508 e. The van der Waals surface area contributed by atoms with Crippen LogP contribution >= 0.6 is 0 Å². The number of hydrogen-bond donors (Lipinski definition) is 2. The van der Waals surface area contributed by atoms with Crippen molar-refractivity contribution in [2.24, 2.45) is 0 Å². The van der Waals surface area contributed by atoms with E-state index in [0.717, 1.165) is 36.3 Å². The predicted molar refractivity (Wildman–Crippen MR) is 107 cm³/mol. The van der Waals surface area contributed by atoms with Gasteiger partial charge >= 0.3 is 0 Å². The molecule has 1 heterocycles. The Balaban J connectivity index is 1.78. The van der Waals surface area contributed by atoms with Gasteiger partial charge in [-0.05, 0) is 42.7 Å². The fraction of sp³-hybridized carbons (Fsp3) is 0.409. The predicted octanol–water partition coefficient (Wildman–Crippen LogP) is 4.27. The first-order valence-corrected chi connectivity index (χ1v) is 9.71. The van der Waals surface area contributed by atoms with Crippen LogP contribution in [0.4, 0.5) is 5.69 Å². The molecule has 0 aromatic heterocycles. The Bertz CT molecular complexity index is 802. The number of aromatic hydroxyl groups is 2. The summed E-state index contributed by atoms with van der Waals surface area (Å²) in [6.07, 6.45) is 3.48. The maximum absolute atomic E-state index is 12.8. The number of phenolic OH excluding ortho intramolecular Hbond substituents is 2. The molecule has 1 aliphatic heterocycles. The smallest absolute Gasteiger partial charge is 0.258 e. The lowest BCUT2D eigenvalue weighted by molar-refractivity contribution is 0.0764. The summed E-state index contributed by atoms with van der Waals surface area (Å²) in [6.45, 7) is 7.06. The lowest BCUT2D eigenvalue weighted by Crippen LogP contribution is -2.24. The molecular formula is C22H28N2O3. The van der Waals surface area contributed by atoms with Crippen molar-refractivity contribution in [3.63, 3.8) is 0 Å². The highest BCUT2D eigenvalue weighted by Gasteiger charge is 2.31. The van der Waals surface area contributed by atoms with Crippen molar-refractivity contribution < 1.29 is 15.0 Å². The van der Waals surface area contributed by atoms with E-state index in [9.17, 15) is 15.0 Å². The van der Waals surface area contributed by atoms with Gasteiger partial charge in [-0.2, -0.15) is 0 Å². The van der Waals surface area contributed by atoms with E-state index in [1.54, 1.807) is 23.1 Å². The van der Waals surface area contributed by atoms with E-state index in [1.807, 2.05) is 18.2 Å². The van der Waals surface area contributed by atoms with Crippen molar-refractivity contribution in [2.45, 2.75) is 46.2 Å². The number of phenols is 2. The normalized spacial score (nSPS) is 13.1. The Labute approximate surface area is 160 Å². The van der Waals surface area contributed by atoms with Crippen molar-refractivity contribution >= 4 is 11.6 Å². The minimum absolute atomic E-state index is 0.0645. The Morgan fingerprint density at radius 1 is 1.07 bits per heavy atom. The molecular weight excluding hydrogens is 340 g/mol. The molecule has 0 unspecified atom stereocenters. The van der Waals surface area contributed by atoms with Crippen molar-refractivity contribution in [3.05, 3.63) is 53.1 Å². The molecule has 0 spiro atoms. The highest BCUT2D eigenvalue weighted by Crippen LogP contribution is 2.35. The molecule has 0 aliphatic carbocycles. The van der Waals surface area contributed by atoms with Crippen molar-refractivity contribution in [1.29, 1.82) is 0 Å². The van der Waals surface area contributed by atoms with E-state index in [0.29, 0.717) is 18.7 Å².